The Morgan fingerprint density at radius 1 is 0.652 bits per heavy atom. The molecule has 0 unspecified atom stereocenters. The quantitative estimate of drug-likeness (QED) is 0.191. The number of hydrogen-bond donors (Lipinski definition) is 0. The lowest BCUT2D eigenvalue weighted by atomic mass is 10.1. The first-order chi connectivity index (χ1) is 22.8. The fourth-order valence-corrected chi connectivity index (χ4v) is 8.35. The summed E-state index contributed by atoms with van der Waals surface area (Å²) in [4.78, 5) is 5.20. The normalized spacial score (nSPS) is 12.4. The highest BCUT2D eigenvalue weighted by Gasteiger charge is 2.19. The molecule has 3 nitrogen and oxygen atoms in total. The van der Waals surface area contributed by atoms with E-state index in [9.17, 15) is 0 Å². The van der Waals surface area contributed by atoms with E-state index in [-0.39, 0.29) is 0 Å². The average Bonchev–Trinajstić information content (AvgIpc) is 3.74. The Labute approximate surface area is 270 Å². The molecule has 0 bridgehead atoms. The van der Waals surface area contributed by atoms with Gasteiger partial charge in [-0.2, -0.15) is 0 Å². The summed E-state index contributed by atoms with van der Waals surface area (Å²) in [7, 11) is 0. The van der Waals surface area contributed by atoms with E-state index in [1.54, 1.807) is 0 Å². The third-order valence-corrected chi connectivity index (χ3v) is 10.3. The van der Waals surface area contributed by atoms with E-state index in [1.807, 2.05) is 25.2 Å². The zero-order valence-electron chi connectivity index (χ0n) is 25.7. The van der Waals surface area contributed by atoms with Gasteiger partial charge in [0.15, 0.2) is 0 Å². The van der Waals surface area contributed by atoms with Crippen LogP contribution in [0.4, 0.5) is 0 Å². The summed E-state index contributed by atoms with van der Waals surface area (Å²) in [5, 5.41) is 5.22. The lowest BCUT2D eigenvalue weighted by molar-refractivity contribution is 1.02. The molecule has 0 amide bonds. The van der Waals surface area contributed by atoms with Crippen LogP contribution >= 0.6 is 11.3 Å². The summed E-state index contributed by atoms with van der Waals surface area (Å²) < 4.78 is 7.50. The lowest BCUT2D eigenvalue weighted by Gasteiger charge is -2.13. The molecule has 0 saturated carbocycles. The molecule has 0 N–H and O–H groups in total. The number of nitrogens with zero attached hydrogens (tertiary/aromatic N) is 3. The minimum atomic E-state index is 0.875. The van der Waals surface area contributed by atoms with E-state index in [0.717, 1.165) is 34.2 Å². The summed E-state index contributed by atoms with van der Waals surface area (Å²) in [5.74, 6) is 0. The molecule has 5 aromatic carbocycles. The van der Waals surface area contributed by atoms with Crippen molar-refractivity contribution in [3.8, 4) is 16.9 Å². The summed E-state index contributed by atoms with van der Waals surface area (Å²) in [5.41, 5.74) is 11.6. The Bertz CT molecular complexity index is 2740. The number of benzene rings is 5. The van der Waals surface area contributed by atoms with Gasteiger partial charge < -0.3 is 8.97 Å². The van der Waals surface area contributed by atoms with Crippen molar-refractivity contribution >= 4 is 71.9 Å². The SMILES string of the molecule is C1=c2sc3ccccc3c2=CCc2c1c1ccccc1n2-c1ccc(-c2nc3ccccc3n3c2cc2ccccc23)cc1.CC. The van der Waals surface area contributed by atoms with Gasteiger partial charge >= 0.3 is 0 Å². The van der Waals surface area contributed by atoms with E-state index in [0.29, 0.717) is 0 Å². The first kappa shape index (κ1) is 26.9. The van der Waals surface area contributed by atoms with Crippen LogP contribution in [0, 0.1) is 0 Å². The Morgan fingerprint density at radius 3 is 2.20 bits per heavy atom. The predicted molar refractivity (Wildman–Crippen MR) is 197 cm³/mol. The second-order valence-corrected chi connectivity index (χ2v) is 12.6. The van der Waals surface area contributed by atoms with Crippen LogP contribution in [-0.2, 0) is 6.42 Å². The molecule has 0 fully saturated rings. The topological polar surface area (TPSA) is 22.2 Å². The summed E-state index contributed by atoms with van der Waals surface area (Å²) in [6.07, 6.45) is 5.71. The standard InChI is InChI=1S/C40H25N3S.C2H6/c1-5-13-33-26(9-1)23-37-40(41-32-12-4-7-15-36(32)43(33)37)25-17-19-27(20-18-25)42-34-14-6-2-10-28(34)31-24-39-30(21-22-35(31)42)29-11-3-8-16-38(29)44-39;1-2/h1-21,23-24H,22H2;1-2H3. The second kappa shape index (κ2) is 10.6. The number of aromatic nitrogens is 3. The monoisotopic (exact) mass is 609 g/mol. The van der Waals surface area contributed by atoms with Crippen LogP contribution in [0.2, 0.25) is 0 Å². The van der Waals surface area contributed by atoms with Crippen molar-refractivity contribution in [3.05, 3.63) is 148 Å². The van der Waals surface area contributed by atoms with Crippen molar-refractivity contribution < 1.29 is 0 Å². The highest BCUT2D eigenvalue weighted by Crippen LogP contribution is 2.35. The molecule has 4 heteroatoms. The molecule has 0 spiro atoms. The van der Waals surface area contributed by atoms with Gasteiger partial charge in [0.2, 0.25) is 0 Å². The Kier molecular flexibility index (Phi) is 6.19. The average molecular weight is 610 g/mol. The summed E-state index contributed by atoms with van der Waals surface area (Å²) in [6.45, 7) is 4.00. The van der Waals surface area contributed by atoms with Gasteiger partial charge in [0.05, 0.1) is 33.3 Å². The number of rotatable bonds is 2. The molecular weight excluding hydrogens is 579 g/mol. The molecular formula is C42H31N3S. The summed E-state index contributed by atoms with van der Waals surface area (Å²) >= 11 is 1.89. The predicted octanol–water partition coefficient (Wildman–Crippen LogP) is 9.66. The van der Waals surface area contributed by atoms with Crippen LogP contribution in [0.15, 0.2) is 127 Å². The third kappa shape index (κ3) is 3.93. The van der Waals surface area contributed by atoms with E-state index in [4.69, 9.17) is 4.98 Å². The van der Waals surface area contributed by atoms with Gasteiger partial charge in [-0.1, -0.05) is 98.8 Å². The minimum Gasteiger partial charge on any atom is -0.313 e. The highest BCUT2D eigenvalue weighted by molar-refractivity contribution is 7.17. The fraction of sp³-hybridized carbons (Fsp3) is 0.0714. The minimum absolute atomic E-state index is 0.875. The first-order valence-electron chi connectivity index (χ1n) is 16.0. The maximum absolute atomic E-state index is 5.20. The largest absolute Gasteiger partial charge is 0.313 e. The van der Waals surface area contributed by atoms with Crippen molar-refractivity contribution in [2.75, 3.05) is 0 Å². The lowest BCUT2D eigenvalue weighted by Crippen LogP contribution is -2.17. The van der Waals surface area contributed by atoms with Crippen LogP contribution in [-0.4, -0.2) is 14.0 Å². The van der Waals surface area contributed by atoms with E-state index >= 15 is 0 Å². The molecule has 1 aliphatic carbocycles. The molecule has 0 saturated heterocycles. The summed E-state index contributed by atoms with van der Waals surface area (Å²) in [6, 6.07) is 45.9. The molecule has 10 rings (SSSR count). The number of fused-ring (bicyclic) bond motifs is 11. The van der Waals surface area contributed by atoms with Crippen LogP contribution in [0.3, 0.4) is 0 Å². The maximum Gasteiger partial charge on any atom is 0.0950 e. The van der Waals surface area contributed by atoms with Crippen LogP contribution in [0.1, 0.15) is 25.1 Å². The zero-order valence-corrected chi connectivity index (χ0v) is 26.6. The van der Waals surface area contributed by atoms with Gasteiger partial charge in [-0.25, -0.2) is 4.98 Å². The Balaban J connectivity index is 0.00000143. The van der Waals surface area contributed by atoms with Gasteiger partial charge in [0.25, 0.3) is 0 Å². The van der Waals surface area contributed by atoms with Crippen molar-refractivity contribution in [1.82, 2.24) is 14.0 Å². The van der Waals surface area contributed by atoms with Gasteiger partial charge in [0.1, 0.15) is 0 Å². The van der Waals surface area contributed by atoms with Gasteiger partial charge in [0, 0.05) is 48.9 Å². The molecule has 0 atom stereocenters. The van der Waals surface area contributed by atoms with E-state index < -0.39 is 0 Å². The van der Waals surface area contributed by atoms with Gasteiger partial charge in [-0.15, -0.1) is 11.3 Å². The molecule has 0 aliphatic heterocycles. The highest BCUT2D eigenvalue weighted by atomic mass is 32.1. The molecule has 220 valence electrons. The molecule has 46 heavy (non-hydrogen) atoms. The smallest absolute Gasteiger partial charge is 0.0950 e. The maximum atomic E-state index is 5.20. The second-order valence-electron chi connectivity index (χ2n) is 11.6. The molecule has 9 aromatic rings. The Morgan fingerprint density at radius 2 is 1.35 bits per heavy atom. The van der Waals surface area contributed by atoms with Crippen LogP contribution < -0.4 is 9.75 Å². The number of para-hydroxylation sites is 4. The number of thiophene rings is 1. The van der Waals surface area contributed by atoms with Crippen molar-refractivity contribution in [2.45, 2.75) is 20.3 Å². The molecule has 1 aliphatic rings. The molecule has 4 aromatic heterocycles. The fourth-order valence-electron chi connectivity index (χ4n) is 7.20. The first-order valence-corrected chi connectivity index (χ1v) is 16.8. The number of hydrogen-bond acceptors (Lipinski definition) is 2. The van der Waals surface area contributed by atoms with Crippen LogP contribution in [0.5, 0.6) is 0 Å². The van der Waals surface area contributed by atoms with Gasteiger partial charge in [-0.3, -0.25) is 0 Å². The molecule has 0 radical (unpaired) electrons. The Hall–Kier alpha value is -5.45. The van der Waals surface area contributed by atoms with E-state index in [2.05, 4.69) is 149 Å². The molecule has 4 heterocycles. The van der Waals surface area contributed by atoms with Crippen molar-refractivity contribution in [2.24, 2.45) is 0 Å². The van der Waals surface area contributed by atoms with Crippen LogP contribution in [0.25, 0.3) is 77.5 Å². The van der Waals surface area contributed by atoms with E-state index in [1.165, 1.54) is 58.6 Å². The van der Waals surface area contributed by atoms with Gasteiger partial charge in [-0.05, 0) is 65.2 Å². The zero-order chi connectivity index (χ0) is 30.8. The van der Waals surface area contributed by atoms with Crippen molar-refractivity contribution in [1.29, 1.82) is 0 Å². The van der Waals surface area contributed by atoms with Crippen molar-refractivity contribution in [3.63, 3.8) is 0 Å². The third-order valence-electron chi connectivity index (χ3n) is 9.16.